The highest BCUT2D eigenvalue weighted by molar-refractivity contribution is 7.99. The van der Waals surface area contributed by atoms with Gasteiger partial charge in [0.05, 0.1) is 17.5 Å². The van der Waals surface area contributed by atoms with E-state index in [1.54, 1.807) is 42.5 Å². The fourth-order valence-electron chi connectivity index (χ4n) is 2.42. The smallest absolute Gasteiger partial charge is 0.262 e. The van der Waals surface area contributed by atoms with Gasteiger partial charge in [0, 0.05) is 10.7 Å². The number of para-hydroxylation sites is 1. The molecule has 1 amide bonds. The van der Waals surface area contributed by atoms with Gasteiger partial charge in [0.1, 0.15) is 0 Å². The molecule has 0 saturated carbocycles. The number of rotatable bonds is 5. The van der Waals surface area contributed by atoms with E-state index in [0.717, 1.165) is 23.4 Å². The number of carbonyl (C=O) groups is 1. The highest BCUT2D eigenvalue weighted by atomic mass is 35.5. The topological polar surface area (TPSA) is 84.2 Å². The Kier molecular flexibility index (Phi) is 5.83. The number of aromatic hydroxyl groups is 1. The van der Waals surface area contributed by atoms with E-state index in [1.165, 1.54) is 4.57 Å². The van der Waals surface area contributed by atoms with E-state index in [9.17, 15) is 14.7 Å². The predicted octanol–water partition coefficient (Wildman–Crippen LogP) is 3.63. The third-order valence-corrected chi connectivity index (χ3v) is 5.11. The first kappa shape index (κ1) is 19.0. The predicted molar refractivity (Wildman–Crippen MR) is 107 cm³/mol. The molecule has 1 aromatic heterocycles. The standard InChI is InChI=1S/C19H16ClN3O3S/c1-12-14(20)8-5-9-15(12)21-17(25)11-27-19-22-16(24)10-18(26)23(19)13-6-3-2-4-7-13/h2-10,24H,11H2,1H3,(H,21,25). The van der Waals surface area contributed by atoms with Crippen LogP contribution >= 0.6 is 23.4 Å². The lowest BCUT2D eigenvalue weighted by Crippen LogP contribution is -2.21. The molecule has 0 unspecified atom stereocenters. The normalized spacial score (nSPS) is 10.6. The van der Waals surface area contributed by atoms with Crippen molar-refractivity contribution in [3.63, 3.8) is 0 Å². The molecule has 2 N–H and O–H groups in total. The van der Waals surface area contributed by atoms with Crippen LogP contribution in [0.1, 0.15) is 5.56 Å². The summed E-state index contributed by atoms with van der Waals surface area (Å²) in [6, 6.07) is 15.2. The van der Waals surface area contributed by atoms with Crippen LogP contribution in [0.4, 0.5) is 5.69 Å². The van der Waals surface area contributed by atoms with Gasteiger partial charge >= 0.3 is 0 Å². The minimum absolute atomic E-state index is 0.00861. The molecule has 0 saturated heterocycles. The first-order valence-corrected chi connectivity index (χ1v) is 9.38. The molecule has 3 rings (SSSR count). The van der Waals surface area contributed by atoms with Crippen molar-refractivity contribution < 1.29 is 9.90 Å². The molecule has 1 heterocycles. The quantitative estimate of drug-likeness (QED) is 0.503. The molecule has 0 atom stereocenters. The maximum absolute atomic E-state index is 12.3. The Bertz CT molecular complexity index is 1040. The Morgan fingerprint density at radius 3 is 2.70 bits per heavy atom. The summed E-state index contributed by atoms with van der Waals surface area (Å²) < 4.78 is 1.35. The van der Waals surface area contributed by atoms with E-state index in [0.29, 0.717) is 16.4 Å². The second-order valence-corrected chi connectivity index (χ2v) is 7.01. The van der Waals surface area contributed by atoms with Gasteiger partial charge in [-0.15, -0.1) is 0 Å². The third kappa shape index (κ3) is 4.50. The van der Waals surface area contributed by atoms with Crippen LogP contribution in [0.3, 0.4) is 0 Å². The number of carbonyl (C=O) groups excluding carboxylic acids is 1. The summed E-state index contributed by atoms with van der Waals surface area (Å²) in [6.45, 7) is 1.81. The average Bonchev–Trinajstić information content (AvgIpc) is 2.64. The van der Waals surface area contributed by atoms with Crippen LogP contribution in [0.15, 0.2) is 64.5 Å². The summed E-state index contributed by atoms with van der Waals surface area (Å²) in [7, 11) is 0. The van der Waals surface area contributed by atoms with Crippen LogP contribution in [-0.4, -0.2) is 26.3 Å². The second kappa shape index (κ2) is 8.28. The Labute approximate surface area is 164 Å². The monoisotopic (exact) mass is 401 g/mol. The summed E-state index contributed by atoms with van der Waals surface area (Å²) >= 11 is 7.12. The lowest BCUT2D eigenvalue weighted by Gasteiger charge is -2.12. The van der Waals surface area contributed by atoms with Crippen molar-refractivity contribution in [2.24, 2.45) is 0 Å². The van der Waals surface area contributed by atoms with Crippen LogP contribution in [0.25, 0.3) is 5.69 Å². The molecule has 8 heteroatoms. The van der Waals surface area contributed by atoms with Crippen LogP contribution < -0.4 is 10.9 Å². The van der Waals surface area contributed by atoms with Gasteiger partial charge in [-0.2, -0.15) is 4.98 Å². The highest BCUT2D eigenvalue weighted by Gasteiger charge is 2.14. The summed E-state index contributed by atoms with van der Waals surface area (Å²) in [5.41, 5.74) is 1.57. The lowest BCUT2D eigenvalue weighted by atomic mass is 10.2. The second-order valence-electron chi connectivity index (χ2n) is 5.66. The molecular weight excluding hydrogens is 386 g/mol. The number of nitrogens with zero attached hydrogens (tertiary/aromatic N) is 2. The fourth-order valence-corrected chi connectivity index (χ4v) is 3.41. The Morgan fingerprint density at radius 1 is 1.22 bits per heavy atom. The molecule has 138 valence electrons. The molecule has 0 radical (unpaired) electrons. The van der Waals surface area contributed by atoms with Crippen molar-refractivity contribution in [3.05, 3.63) is 75.5 Å². The van der Waals surface area contributed by atoms with Crippen molar-refractivity contribution >= 4 is 35.0 Å². The van der Waals surface area contributed by atoms with Crippen LogP contribution in [-0.2, 0) is 4.79 Å². The van der Waals surface area contributed by atoms with Crippen molar-refractivity contribution in [1.29, 1.82) is 0 Å². The summed E-state index contributed by atoms with van der Waals surface area (Å²) in [5.74, 6) is -0.655. The van der Waals surface area contributed by atoms with Gasteiger partial charge in [0.15, 0.2) is 5.16 Å². The molecule has 27 heavy (non-hydrogen) atoms. The first-order valence-electron chi connectivity index (χ1n) is 8.02. The number of thioether (sulfide) groups is 1. The first-order chi connectivity index (χ1) is 13.0. The zero-order chi connectivity index (χ0) is 19.4. The SMILES string of the molecule is Cc1c(Cl)cccc1NC(=O)CSc1nc(O)cc(=O)n1-c1ccccc1. The maximum Gasteiger partial charge on any atom is 0.262 e. The minimum atomic E-state index is -0.428. The zero-order valence-corrected chi connectivity index (χ0v) is 15.9. The van der Waals surface area contributed by atoms with Crippen LogP contribution in [0.5, 0.6) is 5.88 Å². The number of halogens is 1. The summed E-state index contributed by atoms with van der Waals surface area (Å²) in [5, 5.41) is 13.3. The van der Waals surface area contributed by atoms with Gasteiger partial charge in [-0.3, -0.25) is 14.2 Å². The molecule has 0 aliphatic rings. The van der Waals surface area contributed by atoms with Crippen LogP contribution in [0.2, 0.25) is 5.02 Å². The van der Waals surface area contributed by atoms with Gasteiger partial charge in [-0.05, 0) is 36.8 Å². The third-order valence-electron chi connectivity index (χ3n) is 3.76. The Balaban J connectivity index is 1.81. The maximum atomic E-state index is 12.3. The molecule has 0 aliphatic heterocycles. The number of hydrogen-bond donors (Lipinski definition) is 2. The van der Waals surface area contributed by atoms with E-state index in [1.807, 2.05) is 13.0 Å². The van der Waals surface area contributed by atoms with E-state index in [2.05, 4.69) is 10.3 Å². The van der Waals surface area contributed by atoms with E-state index < -0.39 is 5.56 Å². The number of amides is 1. The molecule has 0 fully saturated rings. The van der Waals surface area contributed by atoms with Gasteiger partial charge in [0.2, 0.25) is 11.8 Å². The van der Waals surface area contributed by atoms with Crippen molar-refractivity contribution in [3.8, 4) is 11.6 Å². The highest BCUT2D eigenvalue weighted by Crippen LogP contribution is 2.24. The number of hydrogen-bond acceptors (Lipinski definition) is 5. The molecule has 6 nitrogen and oxygen atoms in total. The minimum Gasteiger partial charge on any atom is -0.493 e. The van der Waals surface area contributed by atoms with E-state index in [-0.39, 0.29) is 22.7 Å². The Hall–Kier alpha value is -2.77. The summed E-state index contributed by atoms with van der Waals surface area (Å²) in [6.07, 6.45) is 0. The number of benzene rings is 2. The molecule has 3 aromatic rings. The average molecular weight is 402 g/mol. The van der Waals surface area contributed by atoms with E-state index in [4.69, 9.17) is 11.6 Å². The van der Waals surface area contributed by atoms with Crippen molar-refractivity contribution in [2.45, 2.75) is 12.1 Å². The molecule has 2 aromatic carbocycles. The number of aromatic nitrogens is 2. The molecule has 0 bridgehead atoms. The van der Waals surface area contributed by atoms with Gasteiger partial charge in [-0.1, -0.05) is 47.6 Å². The molecule has 0 spiro atoms. The fraction of sp³-hybridized carbons (Fsp3) is 0.105. The van der Waals surface area contributed by atoms with Crippen molar-refractivity contribution in [2.75, 3.05) is 11.1 Å². The van der Waals surface area contributed by atoms with Gasteiger partial charge in [0.25, 0.3) is 5.56 Å². The zero-order valence-electron chi connectivity index (χ0n) is 14.3. The number of nitrogens with one attached hydrogen (secondary N) is 1. The summed E-state index contributed by atoms with van der Waals surface area (Å²) in [4.78, 5) is 28.6. The largest absolute Gasteiger partial charge is 0.493 e. The van der Waals surface area contributed by atoms with E-state index >= 15 is 0 Å². The molecule has 0 aliphatic carbocycles. The van der Waals surface area contributed by atoms with Crippen LogP contribution in [0, 0.1) is 6.92 Å². The lowest BCUT2D eigenvalue weighted by molar-refractivity contribution is -0.113. The van der Waals surface area contributed by atoms with Crippen molar-refractivity contribution in [1.82, 2.24) is 9.55 Å². The van der Waals surface area contributed by atoms with Gasteiger partial charge in [-0.25, -0.2) is 0 Å². The Morgan fingerprint density at radius 2 is 1.96 bits per heavy atom. The number of anilines is 1. The molecular formula is C19H16ClN3O3S. The van der Waals surface area contributed by atoms with Gasteiger partial charge < -0.3 is 10.4 Å².